The fourth-order valence-corrected chi connectivity index (χ4v) is 3.57. The number of rotatable bonds is 4. The van der Waals surface area contributed by atoms with Crippen molar-refractivity contribution in [2.24, 2.45) is 0 Å². The van der Waals surface area contributed by atoms with Crippen LogP contribution in [0.5, 0.6) is 0 Å². The van der Waals surface area contributed by atoms with Crippen molar-refractivity contribution >= 4 is 31.1 Å². The van der Waals surface area contributed by atoms with Crippen molar-refractivity contribution < 1.29 is 17.9 Å². The van der Waals surface area contributed by atoms with E-state index in [1.54, 1.807) is 0 Å². The molecule has 1 aliphatic heterocycles. The maximum Gasteiger partial charge on any atom is 0.312 e. The Morgan fingerprint density at radius 1 is 1.31 bits per heavy atom. The van der Waals surface area contributed by atoms with E-state index in [0.29, 0.717) is 0 Å². The molecule has 0 unspecified atom stereocenters. The number of nitrogens with zero attached hydrogens (tertiary/aromatic N) is 4. The number of imidazole rings is 1. The predicted molar refractivity (Wildman–Crippen MR) is 96.5 cm³/mol. The molecule has 6 nitrogen and oxygen atoms in total. The second-order valence-electron chi connectivity index (χ2n) is 7.76. The Morgan fingerprint density at radius 2 is 2.00 bits per heavy atom. The third-order valence-electron chi connectivity index (χ3n) is 4.90. The van der Waals surface area contributed by atoms with Gasteiger partial charge < -0.3 is 9.16 Å². The minimum absolute atomic E-state index is 0.0407. The maximum atomic E-state index is 14.5. The molecule has 2 aromatic rings. The van der Waals surface area contributed by atoms with Crippen molar-refractivity contribution in [3.8, 4) is 0 Å². The van der Waals surface area contributed by atoms with E-state index >= 15 is 0 Å². The zero-order valence-electron chi connectivity index (χ0n) is 15.3. The van der Waals surface area contributed by atoms with Gasteiger partial charge in [-0.15, -0.1) is 0 Å². The van der Waals surface area contributed by atoms with Gasteiger partial charge in [-0.3, -0.25) is 4.57 Å². The summed E-state index contributed by atoms with van der Waals surface area (Å²) in [7, 11) is -1.98. The van der Waals surface area contributed by atoms with Crippen molar-refractivity contribution in [1.29, 1.82) is 0 Å². The maximum absolute atomic E-state index is 14.5. The lowest BCUT2D eigenvalue weighted by Crippen LogP contribution is -2.42. The smallest absolute Gasteiger partial charge is 0.312 e. The van der Waals surface area contributed by atoms with Crippen LogP contribution in [0.25, 0.3) is 11.2 Å². The minimum Gasteiger partial charge on any atom is -0.414 e. The standard InChI is InChI=1S/C16H21ClF2N4O2Si/c1-16(2,3)26(4,5)24-7-9-6-10(18)14(25-9)23-8-20-11-12(17)21-15(19)22-13(11)23/h6,8-9,14H,7H2,1-5H3/t9-,14-/m0/s1. The van der Waals surface area contributed by atoms with E-state index in [2.05, 4.69) is 48.8 Å². The quantitative estimate of drug-likeness (QED) is 0.431. The molecule has 3 rings (SSSR count). The summed E-state index contributed by atoms with van der Waals surface area (Å²) < 4.78 is 41.0. The molecule has 0 aliphatic carbocycles. The summed E-state index contributed by atoms with van der Waals surface area (Å²) in [5, 5.41) is -0.0922. The average Bonchev–Trinajstić information content (AvgIpc) is 3.07. The lowest BCUT2D eigenvalue weighted by Gasteiger charge is -2.36. The largest absolute Gasteiger partial charge is 0.414 e. The van der Waals surface area contributed by atoms with Crippen molar-refractivity contribution in [3.05, 3.63) is 29.5 Å². The first kappa shape index (κ1) is 19.3. The molecule has 0 saturated heterocycles. The van der Waals surface area contributed by atoms with Gasteiger partial charge in [-0.25, -0.2) is 9.37 Å². The molecule has 0 bridgehead atoms. The van der Waals surface area contributed by atoms with Crippen LogP contribution in [0.4, 0.5) is 8.78 Å². The average molecular weight is 403 g/mol. The van der Waals surface area contributed by atoms with Crippen LogP contribution in [0.2, 0.25) is 23.3 Å². The summed E-state index contributed by atoms with van der Waals surface area (Å²) in [6.45, 7) is 10.9. The lowest BCUT2D eigenvalue weighted by molar-refractivity contribution is -0.0151. The van der Waals surface area contributed by atoms with E-state index in [9.17, 15) is 8.78 Å². The highest BCUT2D eigenvalue weighted by atomic mass is 35.5. The summed E-state index contributed by atoms with van der Waals surface area (Å²) in [5.41, 5.74) is 0.257. The zero-order valence-corrected chi connectivity index (χ0v) is 17.0. The third-order valence-corrected chi connectivity index (χ3v) is 9.67. The van der Waals surface area contributed by atoms with Gasteiger partial charge in [0.05, 0.1) is 12.9 Å². The van der Waals surface area contributed by atoms with E-state index in [1.807, 2.05) is 0 Å². The topological polar surface area (TPSA) is 62.1 Å². The molecule has 10 heteroatoms. The van der Waals surface area contributed by atoms with Crippen molar-refractivity contribution in [1.82, 2.24) is 19.5 Å². The van der Waals surface area contributed by atoms with Crippen LogP contribution < -0.4 is 0 Å². The summed E-state index contributed by atoms with van der Waals surface area (Å²) in [5.74, 6) is -0.511. The number of fused-ring (bicyclic) bond motifs is 1. The number of hydrogen-bond donors (Lipinski definition) is 0. The Kier molecular flexibility index (Phi) is 4.93. The first-order valence-corrected chi connectivity index (χ1v) is 11.5. The first-order chi connectivity index (χ1) is 12.0. The highest BCUT2D eigenvalue weighted by molar-refractivity contribution is 6.74. The van der Waals surface area contributed by atoms with Crippen molar-refractivity contribution in [2.45, 2.75) is 51.2 Å². The molecule has 142 valence electrons. The fraction of sp³-hybridized carbons (Fsp3) is 0.562. The molecule has 0 radical (unpaired) electrons. The number of aromatic nitrogens is 4. The van der Waals surface area contributed by atoms with Gasteiger partial charge in [0.2, 0.25) is 0 Å². The molecule has 2 aromatic heterocycles. The van der Waals surface area contributed by atoms with E-state index in [0.717, 1.165) is 0 Å². The zero-order chi connectivity index (χ0) is 19.3. The van der Waals surface area contributed by atoms with Gasteiger partial charge in [-0.2, -0.15) is 14.4 Å². The van der Waals surface area contributed by atoms with E-state index in [4.69, 9.17) is 20.8 Å². The van der Waals surface area contributed by atoms with Crippen LogP contribution in [-0.2, 0) is 9.16 Å². The Bertz CT molecular complexity index is 866. The summed E-state index contributed by atoms with van der Waals surface area (Å²) >= 11 is 5.86. The molecule has 0 amide bonds. The molecular weight excluding hydrogens is 382 g/mol. The number of halogens is 3. The Labute approximate surface area is 156 Å². The third kappa shape index (κ3) is 3.53. The highest BCUT2D eigenvalue weighted by Gasteiger charge is 2.39. The molecule has 1 aliphatic rings. The van der Waals surface area contributed by atoms with Gasteiger partial charge in [0.25, 0.3) is 0 Å². The van der Waals surface area contributed by atoms with Crippen molar-refractivity contribution in [3.63, 3.8) is 0 Å². The van der Waals surface area contributed by atoms with Gasteiger partial charge >= 0.3 is 6.08 Å². The van der Waals surface area contributed by atoms with Gasteiger partial charge in [-0.1, -0.05) is 32.4 Å². The van der Waals surface area contributed by atoms with Crippen LogP contribution in [0, 0.1) is 6.08 Å². The molecule has 0 aromatic carbocycles. The molecule has 3 heterocycles. The SMILES string of the molecule is CC(C)(C)[Si](C)(C)OC[C@@H]1C=C(F)[C@@H](n2cnc3c(Cl)nc(F)nc32)O1. The second kappa shape index (κ2) is 6.63. The van der Waals surface area contributed by atoms with Gasteiger partial charge in [0.1, 0.15) is 17.4 Å². The molecule has 0 saturated carbocycles. The van der Waals surface area contributed by atoms with Crippen molar-refractivity contribution in [2.75, 3.05) is 6.61 Å². The van der Waals surface area contributed by atoms with E-state index in [1.165, 1.54) is 17.0 Å². The molecule has 0 N–H and O–H groups in total. The molecular formula is C16H21ClF2N4O2Si. The van der Waals surface area contributed by atoms with Crippen LogP contribution in [0.1, 0.15) is 27.0 Å². The van der Waals surface area contributed by atoms with Gasteiger partial charge in [-0.05, 0) is 24.2 Å². The molecule has 0 fully saturated rings. The second-order valence-corrected chi connectivity index (χ2v) is 12.9. The molecule has 2 atom stereocenters. The van der Waals surface area contributed by atoms with Crippen LogP contribution in [0.3, 0.4) is 0 Å². The fourth-order valence-electron chi connectivity index (χ4n) is 2.35. The first-order valence-electron chi connectivity index (χ1n) is 8.22. The summed E-state index contributed by atoms with van der Waals surface area (Å²) in [6.07, 6.45) is 0.0272. The Morgan fingerprint density at radius 3 is 2.65 bits per heavy atom. The van der Waals surface area contributed by atoms with Crippen LogP contribution in [-0.4, -0.2) is 40.5 Å². The highest BCUT2D eigenvalue weighted by Crippen LogP contribution is 2.38. The molecule has 26 heavy (non-hydrogen) atoms. The van der Waals surface area contributed by atoms with Gasteiger partial charge in [0, 0.05) is 0 Å². The normalized spacial score (nSPS) is 21.5. The molecule has 0 spiro atoms. The lowest BCUT2D eigenvalue weighted by atomic mass is 10.2. The monoisotopic (exact) mass is 402 g/mol. The number of ether oxygens (including phenoxy) is 1. The Balaban J connectivity index is 1.78. The summed E-state index contributed by atoms with van der Waals surface area (Å²) in [4.78, 5) is 11.1. The predicted octanol–water partition coefficient (Wildman–Crippen LogP) is 4.39. The van der Waals surface area contributed by atoms with E-state index < -0.39 is 32.6 Å². The van der Waals surface area contributed by atoms with E-state index in [-0.39, 0.29) is 28.0 Å². The van der Waals surface area contributed by atoms with Crippen LogP contribution >= 0.6 is 11.6 Å². The Hall–Kier alpha value is -1.42. The van der Waals surface area contributed by atoms with Crippen LogP contribution in [0.15, 0.2) is 18.2 Å². The number of hydrogen-bond acceptors (Lipinski definition) is 5. The minimum atomic E-state index is -1.98. The summed E-state index contributed by atoms with van der Waals surface area (Å²) in [6, 6.07) is 0. The van der Waals surface area contributed by atoms with Gasteiger partial charge in [0.15, 0.2) is 25.3 Å².